The van der Waals surface area contributed by atoms with Gasteiger partial charge in [-0.3, -0.25) is 0 Å². The van der Waals surface area contributed by atoms with E-state index in [4.69, 9.17) is 0 Å². The molecule has 0 spiro atoms. The molecule has 0 nitrogen and oxygen atoms in total. The maximum atomic E-state index is 2.45. The van der Waals surface area contributed by atoms with Gasteiger partial charge in [0.25, 0.3) is 0 Å². The molecule has 1 fully saturated rings. The van der Waals surface area contributed by atoms with Crippen LogP contribution in [0.1, 0.15) is 18.9 Å². The molecule has 0 aromatic heterocycles. The first kappa shape index (κ1) is 8.05. The van der Waals surface area contributed by atoms with Crippen molar-refractivity contribution in [1.29, 1.82) is 0 Å². The van der Waals surface area contributed by atoms with E-state index in [1.807, 2.05) is 0 Å². The maximum absolute atomic E-state index is 2.45. The van der Waals surface area contributed by atoms with Crippen LogP contribution in [-0.2, 0) is 0 Å². The number of allylic oxidation sites excluding steroid dienone is 4. The van der Waals surface area contributed by atoms with Crippen molar-refractivity contribution in [2.75, 3.05) is 0 Å². The van der Waals surface area contributed by atoms with E-state index in [0.29, 0.717) is 0 Å². The third-order valence-corrected chi connectivity index (χ3v) is 3.25. The van der Waals surface area contributed by atoms with Gasteiger partial charge in [-0.05, 0) is 41.9 Å². The summed E-state index contributed by atoms with van der Waals surface area (Å²) in [6, 6.07) is 10.7. The van der Waals surface area contributed by atoms with E-state index in [-0.39, 0.29) is 0 Å². The van der Waals surface area contributed by atoms with Gasteiger partial charge in [-0.1, -0.05) is 42.5 Å². The summed E-state index contributed by atoms with van der Waals surface area (Å²) in [5, 5.41) is 0. The summed E-state index contributed by atoms with van der Waals surface area (Å²) in [4.78, 5) is 0. The van der Waals surface area contributed by atoms with Crippen LogP contribution in [0.3, 0.4) is 0 Å². The van der Waals surface area contributed by atoms with Crippen molar-refractivity contribution in [2.45, 2.75) is 13.3 Å². The lowest BCUT2D eigenvalue weighted by molar-refractivity contribution is 0.969. The molecular weight excluding hydrogens is 168 g/mol. The smallest absolute Gasteiger partial charge is 0.0155 e. The van der Waals surface area contributed by atoms with Gasteiger partial charge in [-0.15, -0.1) is 0 Å². The molecule has 2 unspecified atom stereocenters. The summed E-state index contributed by atoms with van der Waals surface area (Å²) in [7, 11) is 0. The lowest BCUT2D eigenvalue weighted by Crippen LogP contribution is -1.93. The molecule has 0 bridgehead atoms. The molecule has 1 aromatic carbocycles. The average Bonchev–Trinajstić information content (AvgIpc) is 2.96. The summed E-state index contributed by atoms with van der Waals surface area (Å²) in [6.45, 7) is 2.23. The number of fused-ring (bicyclic) bond motifs is 1. The van der Waals surface area contributed by atoms with Gasteiger partial charge in [0, 0.05) is 0 Å². The Morgan fingerprint density at radius 2 is 1.71 bits per heavy atom. The van der Waals surface area contributed by atoms with Crippen LogP contribution in [0.4, 0.5) is 0 Å². The van der Waals surface area contributed by atoms with E-state index in [1.165, 1.54) is 23.1 Å². The minimum absolute atomic E-state index is 0.842. The summed E-state index contributed by atoms with van der Waals surface area (Å²) >= 11 is 0. The van der Waals surface area contributed by atoms with Gasteiger partial charge in [0.2, 0.25) is 0 Å². The normalized spacial score (nSPS) is 28.9. The van der Waals surface area contributed by atoms with E-state index in [1.54, 1.807) is 0 Å². The fourth-order valence-corrected chi connectivity index (χ4v) is 2.32. The highest BCUT2D eigenvalue weighted by atomic mass is 14.4. The zero-order valence-corrected chi connectivity index (χ0v) is 8.40. The standard InChI is InChI=1S/C14H14/c1-10-7-12-8-13(12)9-14(10)11-5-3-2-4-6-11/h2-7,9,12-13H,8H2,1H3. The Kier molecular flexibility index (Phi) is 1.63. The summed E-state index contributed by atoms with van der Waals surface area (Å²) < 4.78 is 0. The van der Waals surface area contributed by atoms with Crippen molar-refractivity contribution in [2.24, 2.45) is 11.8 Å². The Labute approximate surface area is 85.0 Å². The number of hydrogen-bond acceptors (Lipinski definition) is 0. The van der Waals surface area contributed by atoms with Gasteiger partial charge in [0.05, 0.1) is 0 Å². The summed E-state index contributed by atoms with van der Waals surface area (Å²) in [5.74, 6) is 1.70. The maximum Gasteiger partial charge on any atom is -0.0155 e. The van der Waals surface area contributed by atoms with Crippen LogP contribution in [0.15, 0.2) is 48.1 Å². The second-order valence-corrected chi connectivity index (χ2v) is 4.36. The third kappa shape index (κ3) is 1.22. The lowest BCUT2D eigenvalue weighted by Gasteiger charge is -2.12. The molecule has 2 atom stereocenters. The molecule has 14 heavy (non-hydrogen) atoms. The monoisotopic (exact) mass is 182 g/mol. The Bertz CT molecular complexity index is 409. The van der Waals surface area contributed by atoms with Crippen LogP contribution in [0.2, 0.25) is 0 Å². The number of rotatable bonds is 1. The topological polar surface area (TPSA) is 0 Å². The molecule has 0 radical (unpaired) electrons. The van der Waals surface area contributed by atoms with Crippen molar-refractivity contribution in [3.63, 3.8) is 0 Å². The molecule has 0 heteroatoms. The predicted octanol–water partition coefficient (Wildman–Crippen LogP) is 3.67. The minimum atomic E-state index is 0.842. The molecule has 0 N–H and O–H groups in total. The zero-order chi connectivity index (χ0) is 9.54. The van der Waals surface area contributed by atoms with Crippen molar-refractivity contribution >= 4 is 5.57 Å². The fraction of sp³-hybridized carbons (Fsp3) is 0.286. The van der Waals surface area contributed by atoms with Gasteiger partial charge in [0.1, 0.15) is 0 Å². The molecule has 2 aliphatic rings. The first-order valence-electron chi connectivity index (χ1n) is 5.30. The predicted molar refractivity (Wildman–Crippen MR) is 59.8 cm³/mol. The molecule has 2 aliphatic carbocycles. The molecule has 3 rings (SSSR count). The Morgan fingerprint density at radius 3 is 2.50 bits per heavy atom. The molecule has 70 valence electrons. The van der Waals surface area contributed by atoms with E-state index < -0.39 is 0 Å². The molecule has 1 aromatic rings. The van der Waals surface area contributed by atoms with Crippen LogP contribution in [0.5, 0.6) is 0 Å². The quantitative estimate of drug-likeness (QED) is 0.621. The highest BCUT2D eigenvalue weighted by Crippen LogP contribution is 2.48. The fourth-order valence-electron chi connectivity index (χ4n) is 2.32. The van der Waals surface area contributed by atoms with Crippen LogP contribution in [0, 0.1) is 11.8 Å². The first-order valence-corrected chi connectivity index (χ1v) is 5.30. The van der Waals surface area contributed by atoms with Crippen LogP contribution in [0.25, 0.3) is 5.57 Å². The van der Waals surface area contributed by atoms with Crippen molar-refractivity contribution in [3.8, 4) is 0 Å². The van der Waals surface area contributed by atoms with E-state index in [9.17, 15) is 0 Å². The second-order valence-electron chi connectivity index (χ2n) is 4.36. The third-order valence-electron chi connectivity index (χ3n) is 3.25. The summed E-state index contributed by atoms with van der Waals surface area (Å²) in [5.41, 5.74) is 4.27. The highest BCUT2D eigenvalue weighted by molar-refractivity contribution is 5.80. The van der Waals surface area contributed by atoms with Crippen molar-refractivity contribution in [3.05, 3.63) is 53.6 Å². The van der Waals surface area contributed by atoms with Gasteiger partial charge in [-0.2, -0.15) is 0 Å². The lowest BCUT2D eigenvalue weighted by atomic mass is 9.93. The van der Waals surface area contributed by atoms with Crippen LogP contribution in [-0.4, -0.2) is 0 Å². The van der Waals surface area contributed by atoms with Crippen molar-refractivity contribution in [1.82, 2.24) is 0 Å². The van der Waals surface area contributed by atoms with Crippen LogP contribution >= 0.6 is 0 Å². The average molecular weight is 182 g/mol. The molecule has 0 saturated heterocycles. The van der Waals surface area contributed by atoms with E-state index in [2.05, 4.69) is 49.4 Å². The highest BCUT2D eigenvalue weighted by Gasteiger charge is 2.36. The van der Waals surface area contributed by atoms with Gasteiger partial charge >= 0.3 is 0 Å². The van der Waals surface area contributed by atoms with Gasteiger partial charge in [-0.25, -0.2) is 0 Å². The Morgan fingerprint density at radius 1 is 1.00 bits per heavy atom. The Hall–Kier alpha value is -1.30. The molecule has 0 heterocycles. The largest absolute Gasteiger partial charge is 0.0773 e. The SMILES string of the molecule is CC1=CC2CC2C=C1c1ccccc1. The minimum Gasteiger partial charge on any atom is -0.0773 e. The molecular formula is C14H14. The van der Waals surface area contributed by atoms with E-state index >= 15 is 0 Å². The zero-order valence-electron chi connectivity index (χ0n) is 8.40. The number of hydrogen-bond donors (Lipinski definition) is 0. The molecule has 1 saturated carbocycles. The van der Waals surface area contributed by atoms with Crippen LogP contribution < -0.4 is 0 Å². The summed E-state index contributed by atoms with van der Waals surface area (Å²) in [6.07, 6.45) is 6.26. The Balaban J connectivity index is 2.03. The molecule has 0 amide bonds. The molecule has 0 aliphatic heterocycles. The second kappa shape index (κ2) is 2.84. The van der Waals surface area contributed by atoms with E-state index in [0.717, 1.165) is 11.8 Å². The van der Waals surface area contributed by atoms with Gasteiger partial charge in [0.15, 0.2) is 0 Å². The number of benzene rings is 1. The first-order chi connectivity index (χ1) is 6.84. The van der Waals surface area contributed by atoms with Gasteiger partial charge < -0.3 is 0 Å². The van der Waals surface area contributed by atoms with Crippen molar-refractivity contribution < 1.29 is 0 Å².